The second kappa shape index (κ2) is 6.96. The molecule has 12 heteroatoms. The molecule has 0 unspecified atom stereocenters. The number of rotatable bonds is 5. The first kappa shape index (κ1) is 18.2. The van der Waals surface area contributed by atoms with Gasteiger partial charge in [-0.1, -0.05) is 5.16 Å². The van der Waals surface area contributed by atoms with Gasteiger partial charge in [0, 0.05) is 5.38 Å². The van der Waals surface area contributed by atoms with E-state index in [9.17, 15) is 19.5 Å². The number of nitrogens with two attached hydrogens (primary N) is 1. The lowest BCUT2D eigenvalue weighted by Crippen LogP contribution is -2.74. The molecule has 0 aliphatic carbocycles. The van der Waals surface area contributed by atoms with Gasteiger partial charge >= 0.3 is 5.97 Å². The number of carbonyl (C=O) groups excluding carboxylic acids is 2. The fraction of sp³-hybridized carbons (Fsp3) is 0.357. The van der Waals surface area contributed by atoms with Crippen LogP contribution in [0.1, 0.15) is 12.6 Å². The summed E-state index contributed by atoms with van der Waals surface area (Å²) in [5.74, 6) is -2.24. The first-order valence-electron chi connectivity index (χ1n) is 7.35. The zero-order valence-corrected chi connectivity index (χ0v) is 15.3. The normalized spacial score (nSPS) is 25.1. The van der Waals surface area contributed by atoms with Gasteiger partial charge in [-0.05, 0) is 17.9 Å². The van der Waals surface area contributed by atoms with E-state index in [-0.39, 0.29) is 16.5 Å². The Bertz CT molecular complexity index is 835. The number of carbonyl (C=O) groups is 3. The molecule has 4 N–H and O–H groups in total. The number of aliphatic carboxylic acids is 1. The van der Waals surface area contributed by atoms with Gasteiger partial charge in [0.25, 0.3) is 5.91 Å². The molecule has 138 valence electrons. The zero-order chi connectivity index (χ0) is 19.0. The summed E-state index contributed by atoms with van der Waals surface area (Å²) >= 11 is 2.42. The van der Waals surface area contributed by atoms with Crippen LogP contribution in [-0.4, -0.2) is 63.1 Å². The number of hydrogen-bond donors (Lipinski definition) is 3. The number of carboxylic acids is 1. The maximum atomic E-state index is 12.5. The molecule has 1 fully saturated rings. The van der Waals surface area contributed by atoms with Crippen LogP contribution in [0.2, 0.25) is 0 Å². The average Bonchev–Trinajstić information content (AvgIpc) is 3.02. The summed E-state index contributed by atoms with van der Waals surface area (Å²) in [6, 6.07) is -1.89. The molecular formula is C14H15N5O5S2. The van der Waals surface area contributed by atoms with Crippen molar-refractivity contribution in [2.45, 2.75) is 24.4 Å². The molecular weight excluding hydrogens is 382 g/mol. The van der Waals surface area contributed by atoms with Crippen molar-refractivity contribution in [3.63, 3.8) is 0 Å². The lowest BCUT2D eigenvalue weighted by atomic mass is 9.98. The number of aromatic nitrogens is 1. The molecule has 2 aliphatic heterocycles. The first-order valence-corrected chi connectivity index (χ1v) is 9.18. The third-order valence-electron chi connectivity index (χ3n) is 3.87. The van der Waals surface area contributed by atoms with Crippen molar-refractivity contribution >= 4 is 51.7 Å². The number of thioether (sulfide) groups is 1. The lowest BCUT2D eigenvalue weighted by molar-refractivity contribution is -0.159. The number of carboxylic acid groups (broad SMARTS) is 1. The van der Waals surface area contributed by atoms with Crippen molar-refractivity contribution in [1.82, 2.24) is 15.2 Å². The van der Waals surface area contributed by atoms with Crippen LogP contribution in [0.4, 0.5) is 5.13 Å². The van der Waals surface area contributed by atoms with E-state index in [0.29, 0.717) is 5.57 Å². The SMILES string of the molecule is CO/N=C(\C(=O)N[C@@H]1C(=O)N2[C@@H](C(=O)O)C(C)=CS[C@H]12)c1csc(N)n1. The standard InChI is InChI=1S/C14H15N5O5S2/c1-5-3-25-12-8(11(21)19(12)9(5)13(22)23)17-10(20)7(18-24-2)6-4-26-14(15)16-6/h3-4,8-9,12H,1-2H3,(H2,15,16)(H,17,20)(H,22,23)/b18-7-/t8-,9-,12-/m1/s1. The molecule has 0 saturated carbocycles. The van der Waals surface area contributed by atoms with Gasteiger partial charge in [0.15, 0.2) is 16.9 Å². The maximum Gasteiger partial charge on any atom is 0.330 e. The molecule has 2 amide bonds. The summed E-state index contributed by atoms with van der Waals surface area (Å²) in [6.45, 7) is 1.65. The number of nitrogens with one attached hydrogen (secondary N) is 1. The van der Waals surface area contributed by atoms with Gasteiger partial charge in [0.1, 0.15) is 24.2 Å². The predicted molar refractivity (Wildman–Crippen MR) is 95.4 cm³/mol. The van der Waals surface area contributed by atoms with Crippen LogP contribution in [0, 0.1) is 0 Å². The molecule has 0 spiro atoms. The van der Waals surface area contributed by atoms with Crippen LogP contribution in [0.5, 0.6) is 0 Å². The molecule has 1 aromatic rings. The summed E-state index contributed by atoms with van der Waals surface area (Å²) < 4.78 is 0. The topological polar surface area (TPSA) is 147 Å². The first-order chi connectivity index (χ1) is 12.3. The summed E-state index contributed by atoms with van der Waals surface area (Å²) in [4.78, 5) is 46.3. The van der Waals surface area contributed by atoms with Crippen LogP contribution >= 0.6 is 23.1 Å². The van der Waals surface area contributed by atoms with Crippen LogP contribution in [0.3, 0.4) is 0 Å². The summed E-state index contributed by atoms with van der Waals surface area (Å²) in [5, 5.41) is 18.6. The minimum atomic E-state index is -1.11. The number of amides is 2. The molecule has 0 bridgehead atoms. The second-order valence-electron chi connectivity index (χ2n) is 5.52. The fourth-order valence-corrected chi connectivity index (χ4v) is 4.44. The number of β-lactam (4-membered cyclic amide) rings is 1. The Hall–Kier alpha value is -2.60. The molecule has 3 heterocycles. The quantitative estimate of drug-likeness (QED) is 0.352. The largest absolute Gasteiger partial charge is 0.479 e. The van der Waals surface area contributed by atoms with Crippen molar-refractivity contribution in [3.05, 3.63) is 22.1 Å². The highest BCUT2D eigenvalue weighted by atomic mass is 32.2. The molecule has 3 atom stereocenters. The molecule has 26 heavy (non-hydrogen) atoms. The Labute approximate surface area is 156 Å². The molecule has 1 saturated heterocycles. The molecule has 0 radical (unpaired) electrons. The highest BCUT2D eigenvalue weighted by Gasteiger charge is 2.55. The Balaban J connectivity index is 1.77. The summed E-state index contributed by atoms with van der Waals surface area (Å²) in [7, 11) is 1.28. The molecule has 0 aromatic carbocycles. The van der Waals surface area contributed by atoms with Crippen LogP contribution < -0.4 is 11.1 Å². The Morgan fingerprint density at radius 3 is 2.81 bits per heavy atom. The van der Waals surface area contributed by atoms with Gasteiger partial charge in [-0.25, -0.2) is 9.78 Å². The van der Waals surface area contributed by atoms with Gasteiger partial charge in [-0.3, -0.25) is 9.59 Å². The van der Waals surface area contributed by atoms with Crippen LogP contribution in [0.25, 0.3) is 0 Å². The van der Waals surface area contributed by atoms with Gasteiger partial charge in [0.2, 0.25) is 5.91 Å². The Morgan fingerprint density at radius 1 is 1.50 bits per heavy atom. The number of nitrogen functional groups attached to an aromatic ring is 1. The average molecular weight is 397 g/mol. The van der Waals surface area contributed by atoms with E-state index in [1.807, 2.05) is 0 Å². The molecule has 3 rings (SSSR count). The fourth-order valence-electron chi connectivity index (χ4n) is 2.71. The van der Waals surface area contributed by atoms with Crippen molar-refractivity contribution in [3.8, 4) is 0 Å². The highest BCUT2D eigenvalue weighted by molar-refractivity contribution is 8.02. The molecule has 10 nitrogen and oxygen atoms in total. The zero-order valence-electron chi connectivity index (χ0n) is 13.7. The minimum absolute atomic E-state index is 0.117. The monoisotopic (exact) mass is 397 g/mol. The van der Waals surface area contributed by atoms with Gasteiger partial charge < -0.3 is 25.9 Å². The van der Waals surface area contributed by atoms with E-state index in [4.69, 9.17) is 5.73 Å². The third kappa shape index (κ3) is 3.01. The van der Waals surface area contributed by atoms with Crippen molar-refractivity contribution in [2.75, 3.05) is 12.8 Å². The number of anilines is 1. The van der Waals surface area contributed by atoms with E-state index < -0.39 is 35.2 Å². The Morgan fingerprint density at radius 2 is 2.23 bits per heavy atom. The predicted octanol–water partition coefficient (Wildman–Crippen LogP) is -0.167. The van der Waals surface area contributed by atoms with Crippen molar-refractivity contribution in [1.29, 1.82) is 0 Å². The smallest absolute Gasteiger partial charge is 0.330 e. The van der Waals surface area contributed by atoms with Crippen LogP contribution in [0.15, 0.2) is 21.5 Å². The van der Waals surface area contributed by atoms with E-state index in [2.05, 4.69) is 20.3 Å². The summed E-state index contributed by atoms with van der Waals surface area (Å²) in [6.07, 6.45) is 0. The van der Waals surface area contributed by atoms with E-state index in [1.165, 1.54) is 23.8 Å². The number of hydrogen-bond acceptors (Lipinski definition) is 9. The number of thiazole rings is 1. The lowest BCUT2D eigenvalue weighted by Gasteiger charge is -2.51. The van der Waals surface area contributed by atoms with E-state index in [1.54, 1.807) is 17.7 Å². The van der Waals surface area contributed by atoms with Crippen molar-refractivity contribution in [2.24, 2.45) is 5.16 Å². The van der Waals surface area contributed by atoms with Gasteiger partial charge in [-0.2, -0.15) is 0 Å². The number of nitrogens with zero attached hydrogens (tertiary/aromatic N) is 3. The highest BCUT2D eigenvalue weighted by Crippen LogP contribution is 2.39. The van der Waals surface area contributed by atoms with E-state index >= 15 is 0 Å². The van der Waals surface area contributed by atoms with E-state index in [0.717, 1.165) is 11.3 Å². The number of fused-ring (bicyclic) bond motifs is 1. The van der Waals surface area contributed by atoms with Crippen LogP contribution in [-0.2, 0) is 19.2 Å². The van der Waals surface area contributed by atoms with Crippen molar-refractivity contribution < 1.29 is 24.3 Å². The van der Waals surface area contributed by atoms with Gasteiger partial charge in [0.05, 0.1) is 0 Å². The number of oxime groups is 1. The minimum Gasteiger partial charge on any atom is -0.479 e. The third-order valence-corrected chi connectivity index (χ3v) is 5.83. The summed E-state index contributed by atoms with van der Waals surface area (Å²) in [5.41, 5.74) is 6.25. The van der Waals surface area contributed by atoms with Gasteiger partial charge in [-0.15, -0.1) is 23.1 Å². The maximum absolute atomic E-state index is 12.5. The molecule has 2 aliphatic rings. The Kier molecular flexibility index (Phi) is 4.87. The second-order valence-corrected chi connectivity index (χ2v) is 7.40. The molecule has 1 aromatic heterocycles.